The van der Waals surface area contributed by atoms with Crippen LogP contribution < -0.4 is 4.74 Å². The van der Waals surface area contributed by atoms with Gasteiger partial charge in [-0.1, -0.05) is 30.3 Å². The van der Waals surface area contributed by atoms with E-state index < -0.39 is 5.97 Å². The molecule has 0 heterocycles. The van der Waals surface area contributed by atoms with Gasteiger partial charge in [-0.15, -0.1) is 0 Å². The fraction of sp³-hybridized carbons (Fsp3) is 0.0526. The van der Waals surface area contributed by atoms with Gasteiger partial charge in [-0.25, -0.2) is 9.64 Å². The van der Waals surface area contributed by atoms with Crippen LogP contribution in [0.3, 0.4) is 0 Å². The lowest BCUT2D eigenvalue weighted by Gasteiger charge is -2.11. The Morgan fingerprint density at radius 1 is 1.09 bits per heavy atom. The van der Waals surface area contributed by atoms with Gasteiger partial charge < -0.3 is 9.84 Å². The van der Waals surface area contributed by atoms with Crippen molar-refractivity contribution in [3.05, 3.63) is 71.6 Å². The van der Waals surface area contributed by atoms with Crippen LogP contribution in [0.2, 0.25) is 0 Å². The molecule has 0 aliphatic heterocycles. The van der Waals surface area contributed by atoms with E-state index in [1.165, 1.54) is 0 Å². The van der Waals surface area contributed by atoms with Crippen LogP contribution in [-0.4, -0.2) is 18.2 Å². The van der Waals surface area contributed by atoms with Crippen LogP contribution >= 0.6 is 0 Å². The molecule has 0 aliphatic carbocycles. The van der Waals surface area contributed by atoms with Crippen LogP contribution in [-0.2, 0) is 0 Å². The molecule has 0 fully saturated rings. The number of carbonyl (C=O) groups is 1. The molecule has 112 valence electrons. The van der Waals surface area contributed by atoms with Crippen LogP contribution in [0.4, 0.5) is 5.69 Å². The van der Waals surface area contributed by atoms with Crippen molar-refractivity contribution in [3.8, 4) is 16.9 Å². The minimum Gasteiger partial charge on any atom is -0.498 e. The van der Waals surface area contributed by atoms with Crippen molar-refractivity contribution in [2.45, 2.75) is 0 Å². The number of ether oxygens (including phenoxy) is 1. The number of aromatic carboxylic acids is 1. The first kappa shape index (κ1) is 14.6. The Morgan fingerprint density at radius 3 is 2.61 bits per heavy atom. The van der Waals surface area contributed by atoms with Crippen molar-refractivity contribution in [2.24, 2.45) is 0 Å². The van der Waals surface area contributed by atoms with E-state index in [2.05, 4.69) is 4.85 Å². The average molecular weight is 303 g/mol. The van der Waals surface area contributed by atoms with Crippen LogP contribution in [0, 0.1) is 6.57 Å². The summed E-state index contributed by atoms with van der Waals surface area (Å²) in [4.78, 5) is 14.8. The van der Waals surface area contributed by atoms with Gasteiger partial charge in [0, 0.05) is 0 Å². The fourth-order valence-corrected chi connectivity index (χ4v) is 2.60. The summed E-state index contributed by atoms with van der Waals surface area (Å²) in [6, 6.07) is 16.0. The van der Waals surface area contributed by atoms with Gasteiger partial charge in [-0.2, -0.15) is 0 Å². The lowest BCUT2D eigenvalue weighted by molar-refractivity contribution is 0.0697. The smallest absolute Gasteiger partial charge is 0.335 e. The molecule has 4 heteroatoms. The summed E-state index contributed by atoms with van der Waals surface area (Å²) in [5.41, 5.74) is 2.29. The Bertz CT molecular complexity index is 954. The topological polar surface area (TPSA) is 50.9 Å². The molecule has 0 saturated heterocycles. The van der Waals surface area contributed by atoms with E-state index in [4.69, 9.17) is 11.3 Å². The zero-order valence-corrected chi connectivity index (χ0v) is 12.4. The molecule has 3 aromatic carbocycles. The maximum Gasteiger partial charge on any atom is 0.335 e. The highest BCUT2D eigenvalue weighted by Gasteiger charge is 2.12. The maximum atomic E-state index is 11.2. The van der Waals surface area contributed by atoms with Gasteiger partial charge in [-0.3, -0.25) is 0 Å². The minimum absolute atomic E-state index is 0.225. The van der Waals surface area contributed by atoms with Crippen LogP contribution in [0.1, 0.15) is 10.4 Å². The molecule has 0 bridgehead atoms. The van der Waals surface area contributed by atoms with Gasteiger partial charge in [0.2, 0.25) is 0 Å². The Morgan fingerprint density at radius 2 is 1.91 bits per heavy atom. The van der Waals surface area contributed by atoms with Gasteiger partial charge in [-0.05, 0) is 46.2 Å². The molecule has 1 N–H and O–H groups in total. The molecule has 0 amide bonds. The second-order valence-electron chi connectivity index (χ2n) is 5.04. The standard InChI is InChI=1S/C19H13NO3/c1-20-18-11-14(23-2)8-9-16(18)15-5-3-4-12-6-7-13(19(21)22)10-17(12)15/h3-11H,2H3,(H,21,22). The lowest BCUT2D eigenvalue weighted by Crippen LogP contribution is -1.95. The zero-order valence-electron chi connectivity index (χ0n) is 12.4. The Labute approximate surface area is 133 Å². The van der Waals surface area contributed by atoms with Crippen molar-refractivity contribution >= 4 is 22.4 Å². The van der Waals surface area contributed by atoms with E-state index in [1.54, 1.807) is 37.4 Å². The third-order valence-corrected chi connectivity index (χ3v) is 3.74. The summed E-state index contributed by atoms with van der Waals surface area (Å²) < 4.78 is 5.16. The third-order valence-electron chi connectivity index (χ3n) is 3.74. The van der Waals surface area contributed by atoms with E-state index in [-0.39, 0.29) is 5.56 Å². The Balaban J connectivity index is 2.30. The monoisotopic (exact) mass is 303 g/mol. The van der Waals surface area contributed by atoms with Gasteiger partial charge in [0.15, 0.2) is 5.69 Å². The molecule has 4 nitrogen and oxygen atoms in total. The van der Waals surface area contributed by atoms with E-state index in [1.807, 2.05) is 24.3 Å². The molecule has 0 radical (unpaired) electrons. The lowest BCUT2D eigenvalue weighted by atomic mass is 9.95. The maximum absolute atomic E-state index is 11.2. The molecule has 3 aromatic rings. The number of hydrogen-bond acceptors (Lipinski definition) is 2. The quantitative estimate of drug-likeness (QED) is 0.709. The normalized spacial score (nSPS) is 10.3. The predicted molar refractivity (Wildman–Crippen MR) is 89.2 cm³/mol. The first-order chi connectivity index (χ1) is 11.1. The molecule has 0 aliphatic rings. The van der Waals surface area contributed by atoms with Crippen LogP contribution in [0.5, 0.6) is 5.75 Å². The largest absolute Gasteiger partial charge is 0.498 e. The average Bonchev–Trinajstić information content (AvgIpc) is 2.60. The van der Waals surface area contributed by atoms with Gasteiger partial charge in [0.25, 0.3) is 0 Å². The number of benzene rings is 3. The highest BCUT2D eigenvalue weighted by Crippen LogP contribution is 2.37. The predicted octanol–water partition coefficient (Wildman–Crippen LogP) is 4.76. The number of methoxy groups -OCH3 is 1. The van der Waals surface area contributed by atoms with Crippen molar-refractivity contribution in [1.29, 1.82) is 0 Å². The number of carboxylic acids is 1. The van der Waals surface area contributed by atoms with E-state index >= 15 is 0 Å². The highest BCUT2D eigenvalue weighted by molar-refractivity contribution is 6.03. The summed E-state index contributed by atoms with van der Waals surface area (Å²) in [7, 11) is 1.56. The first-order valence-corrected chi connectivity index (χ1v) is 6.96. The van der Waals surface area contributed by atoms with Gasteiger partial charge in [0.05, 0.1) is 19.2 Å². The van der Waals surface area contributed by atoms with Crippen molar-refractivity contribution in [2.75, 3.05) is 7.11 Å². The Hall–Kier alpha value is -3.32. The van der Waals surface area contributed by atoms with Gasteiger partial charge >= 0.3 is 5.97 Å². The molecular formula is C19H13NO3. The molecule has 0 aromatic heterocycles. The first-order valence-electron chi connectivity index (χ1n) is 6.96. The van der Waals surface area contributed by atoms with E-state index in [0.29, 0.717) is 11.4 Å². The van der Waals surface area contributed by atoms with Crippen LogP contribution in [0.15, 0.2) is 54.6 Å². The van der Waals surface area contributed by atoms with Crippen molar-refractivity contribution < 1.29 is 14.6 Å². The Kier molecular flexibility index (Phi) is 3.70. The summed E-state index contributed by atoms with van der Waals surface area (Å²) in [6.45, 7) is 7.40. The summed E-state index contributed by atoms with van der Waals surface area (Å²) in [6.07, 6.45) is 0. The van der Waals surface area contributed by atoms with E-state index in [9.17, 15) is 9.90 Å². The van der Waals surface area contributed by atoms with Gasteiger partial charge in [0.1, 0.15) is 5.75 Å². The molecule has 0 atom stereocenters. The third kappa shape index (κ3) is 2.60. The number of rotatable bonds is 3. The number of nitrogens with zero attached hydrogens (tertiary/aromatic N) is 1. The number of fused-ring (bicyclic) bond motifs is 1. The van der Waals surface area contributed by atoms with Crippen molar-refractivity contribution in [1.82, 2.24) is 0 Å². The number of carboxylic acid groups (broad SMARTS) is 1. The highest BCUT2D eigenvalue weighted by atomic mass is 16.5. The molecular weight excluding hydrogens is 290 g/mol. The second kappa shape index (κ2) is 5.82. The summed E-state index contributed by atoms with van der Waals surface area (Å²) >= 11 is 0. The zero-order chi connectivity index (χ0) is 16.4. The SMILES string of the molecule is [C-]#[N+]c1cc(OC)ccc1-c1cccc2ccc(C(=O)O)cc12. The molecule has 3 rings (SSSR count). The minimum atomic E-state index is -0.971. The second-order valence-corrected chi connectivity index (χ2v) is 5.04. The molecule has 0 spiro atoms. The summed E-state index contributed by atoms with van der Waals surface area (Å²) in [5.74, 6) is -0.354. The molecule has 0 saturated carbocycles. The summed E-state index contributed by atoms with van der Waals surface area (Å²) in [5, 5.41) is 10.9. The van der Waals surface area contributed by atoms with Crippen molar-refractivity contribution in [3.63, 3.8) is 0 Å². The number of hydrogen-bond donors (Lipinski definition) is 1. The van der Waals surface area contributed by atoms with E-state index in [0.717, 1.165) is 21.9 Å². The molecule has 23 heavy (non-hydrogen) atoms. The molecule has 0 unspecified atom stereocenters. The van der Waals surface area contributed by atoms with Crippen LogP contribution in [0.25, 0.3) is 26.7 Å². The fourth-order valence-electron chi connectivity index (χ4n) is 2.60.